The van der Waals surface area contributed by atoms with Crippen molar-refractivity contribution in [2.45, 2.75) is 52.2 Å². The molecule has 0 aromatic heterocycles. The van der Waals surface area contributed by atoms with E-state index in [1.165, 1.54) is 0 Å². The van der Waals surface area contributed by atoms with Crippen LogP contribution >= 0.6 is 15.9 Å². The van der Waals surface area contributed by atoms with Crippen molar-refractivity contribution in [3.05, 3.63) is 0 Å². The maximum Gasteiger partial charge on any atom is 0.410 e. The fourth-order valence-corrected chi connectivity index (χ4v) is 1.40. The fourth-order valence-electron chi connectivity index (χ4n) is 1.08. The molecule has 0 rings (SSSR count). The van der Waals surface area contributed by atoms with E-state index in [2.05, 4.69) is 15.9 Å². The van der Waals surface area contributed by atoms with E-state index in [0.717, 1.165) is 18.2 Å². The van der Waals surface area contributed by atoms with Gasteiger partial charge in [0, 0.05) is 18.4 Å². The van der Waals surface area contributed by atoms with Gasteiger partial charge < -0.3 is 9.64 Å². The second kappa shape index (κ2) is 6.36. The molecule has 0 aliphatic carbocycles. The van der Waals surface area contributed by atoms with Crippen molar-refractivity contribution in [1.29, 1.82) is 0 Å². The van der Waals surface area contributed by atoms with Crippen LogP contribution in [0.3, 0.4) is 0 Å². The minimum atomic E-state index is -0.416. The van der Waals surface area contributed by atoms with Gasteiger partial charge in [0.1, 0.15) is 5.60 Å². The largest absolute Gasteiger partial charge is 0.444 e. The van der Waals surface area contributed by atoms with Gasteiger partial charge in [-0.15, -0.1) is 0 Å². The molecular formula is C11H22BrNO2. The molecule has 0 aliphatic rings. The Hall–Kier alpha value is -0.250. The van der Waals surface area contributed by atoms with Gasteiger partial charge in [-0.3, -0.25) is 0 Å². The molecule has 1 unspecified atom stereocenters. The number of halogens is 1. The van der Waals surface area contributed by atoms with Crippen LogP contribution in [0.15, 0.2) is 0 Å². The Morgan fingerprint density at radius 1 is 1.47 bits per heavy atom. The molecule has 0 radical (unpaired) electrons. The fraction of sp³-hybridized carbons (Fsp3) is 0.909. The summed E-state index contributed by atoms with van der Waals surface area (Å²) in [4.78, 5) is 13.3. The van der Waals surface area contributed by atoms with Gasteiger partial charge >= 0.3 is 6.09 Å². The lowest BCUT2D eigenvalue weighted by molar-refractivity contribution is 0.0229. The third-order valence-electron chi connectivity index (χ3n) is 2.10. The smallest absolute Gasteiger partial charge is 0.410 e. The first-order valence-corrected chi connectivity index (χ1v) is 6.42. The molecule has 15 heavy (non-hydrogen) atoms. The van der Waals surface area contributed by atoms with Crippen molar-refractivity contribution in [3.63, 3.8) is 0 Å². The third-order valence-corrected chi connectivity index (χ3v) is 2.66. The van der Waals surface area contributed by atoms with Gasteiger partial charge in [0.05, 0.1) is 0 Å². The number of amides is 1. The molecule has 1 atom stereocenters. The van der Waals surface area contributed by atoms with E-state index < -0.39 is 5.60 Å². The molecule has 0 saturated heterocycles. The number of rotatable bonds is 4. The summed E-state index contributed by atoms with van der Waals surface area (Å²) in [6.07, 6.45) is 1.81. The second-order valence-corrected chi connectivity index (χ2v) is 5.56. The molecule has 0 N–H and O–H groups in total. The molecule has 4 heteroatoms. The standard InChI is InChI=1S/C11H22BrNO2/c1-9(7-6-8-12)13(5)10(14)15-11(2,3)4/h9H,6-8H2,1-5H3. The van der Waals surface area contributed by atoms with Crippen LogP contribution in [0.2, 0.25) is 0 Å². The van der Waals surface area contributed by atoms with Gasteiger partial charge in [-0.05, 0) is 40.5 Å². The second-order valence-electron chi connectivity index (χ2n) is 4.77. The highest BCUT2D eigenvalue weighted by Gasteiger charge is 2.22. The Morgan fingerprint density at radius 2 is 2.00 bits per heavy atom. The lowest BCUT2D eigenvalue weighted by Gasteiger charge is -2.28. The van der Waals surface area contributed by atoms with Crippen molar-refractivity contribution in [2.24, 2.45) is 0 Å². The monoisotopic (exact) mass is 279 g/mol. The van der Waals surface area contributed by atoms with Crippen LogP contribution in [0.1, 0.15) is 40.5 Å². The Bertz CT molecular complexity index is 201. The van der Waals surface area contributed by atoms with Crippen LogP contribution in [-0.4, -0.2) is 35.0 Å². The van der Waals surface area contributed by atoms with Crippen LogP contribution in [0, 0.1) is 0 Å². The van der Waals surface area contributed by atoms with E-state index in [-0.39, 0.29) is 12.1 Å². The number of hydrogen-bond donors (Lipinski definition) is 0. The lowest BCUT2D eigenvalue weighted by atomic mass is 10.2. The van der Waals surface area contributed by atoms with Crippen LogP contribution in [0.4, 0.5) is 4.79 Å². The van der Waals surface area contributed by atoms with E-state index in [9.17, 15) is 4.79 Å². The first-order valence-electron chi connectivity index (χ1n) is 5.29. The molecule has 0 spiro atoms. The average molecular weight is 280 g/mol. The SMILES string of the molecule is CC(CCCBr)N(C)C(=O)OC(C)(C)C. The van der Waals surface area contributed by atoms with Crippen molar-refractivity contribution in [1.82, 2.24) is 4.90 Å². The molecule has 3 nitrogen and oxygen atoms in total. The summed E-state index contributed by atoms with van der Waals surface area (Å²) in [6, 6.07) is 0.220. The average Bonchev–Trinajstić information content (AvgIpc) is 2.10. The molecule has 0 fully saturated rings. The van der Waals surface area contributed by atoms with Gasteiger partial charge in [-0.1, -0.05) is 15.9 Å². The maximum absolute atomic E-state index is 11.7. The maximum atomic E-state index is 11.7. The van der Waals surface area contributed by atoms with Gasteiger partial charge in [0.15, 0.2) is 0 Å². The van der Waals surface area contributed by atoms with E-state index >= 15 is 0 Å². The highest BCUT2D eigenvalue weighted by atomic mass is 79.9. The molecule has 1 amide bonds. The van der Waals surface area contributed by atoms with Crippen LogP contribution < -0.4 is 0 Å². The normalized spacial score (nSPS) is 13.5. The number of hydrogen-bond acceptors (Lipinski definition) is 2. The topological polar surface area (TPSA) is 29.5 Å². The van der Waals surface area contributed by atoms with Crippen molar-refractivity contribution in [2.75, 3.05) is 12.4 Å². The van der Waals surface area contributed by atoms with Crippen LogP contribution in [-0.2, 0) is 4.74 Å². The highest BCUT2D eigenvalue weighted by Crippen LogP contribution is 2.12. The quantitative estimate of drug-likeness (QED) is 0.738. The summed E-state index contributed by atoms with van der Waals surface area (Å²) >= 11 is 3.38. The number of carbonyl (C=O) groups is 1. The number of ether oxygens (including phenoxy) is 1. The third kappa shape index (κ3) is 6.77. The zero-order valence-corrected chi connectivity index (χ0v) is 11.9. The van der Waals surface area contributed by atoms with Crippen LogP contribution in [0.5, 0.6) is 0 Å². The molecule has 0 aromatic rings. The first-order chi connectivity index (χ1) is 6.78. The Balaban J connectivity index is 4.08. The van der Waals surface area contributed by atoms with E-state index in [0.29, 0.717) is 0 Å². The minimum Gasteiger partial charge on any atom is -0.444 e. The van der Waals surface area contributed by atoms with Gasteiger partial charge in [-0.2, -0.15) is 0 Å². The lowest BCUT2D eigenvalue weighted by Crippen LogP contribution is -2.39. The molecule has 0 aliphatic heterocycles. The Kier molecular flexibility index (Phi) is 6.25. The van der Waals surface area contributed by atoms with Crippen LogP contribution in [0.25, 0.3) is 0 Å². The Labute approximate surface area is 101 Å². The van der Waals surface area contributed by atoms with E-state index in [1.54, 1.807) is 11.9 Å². The summed E-state index contributed by atoms with van der Waals surface area (Å²) in [5.74, 6) is 0. The summed E-state index contributed by atoms with van der Waals surface area (Å²) in [5, 5.41) is 0.972. The van der Waals surface area contributed by atoms with Gasteiger partial charge in [0.25, 0.3) is 0 Å². The highest BCUT2D eigenvalue weighted by molar-refractivity contribution is 9.09. The number of nitrogens with zero attached hydrogens (tertiary/aromatic N) is 1. The molecule has 0 bridgehead atoms. The summed E-state index contributed by atoms with van der Waals surface area (Å²) < 4.78 is 5.28. The van der Waals surface area contributed by atoms with Crippen molar-refractivity contribution >= 4 is 22.0 Å². The Morgan fingerprint density at radius 3 is 2.40 bits per heavy atom. The van der Waals surface area contributed by atoms with Crippen molar-refractivity contribution in [3.8, 4) is 0 Å². The zero-order chi connectivity index (χ0) is 12.1. The molecular weight excluding hydrogens is 258 g/mol. The van der Waals surface area contributed by atoms with Gasteiger partial charge in [-0.25, -0.2) is 4.79 Å². The minimum absolute atomic E-state index is 0.220. The molecule has 90 valence electrons. The van der Waals surface area contributed by atoms with E-state index in [1.807, 2.05) is 27.7 Å². The summed E-state index contributed by atoms with van der Waals surface area (Å²) in [6.45, 7) is 7.66. The molecule has 0 saturated carbocycles. The predicted molar refractivity (Wildman–Crippen MR) is 66.5 cm³/mol. The first kappa shape index (κ1) is 14.8. The molecule has 0 heterocycles. The van der Waals surface area contributed by atoms with E-state index in [4.69, 9.17) is 4.74 Å². The molecule has 0 aromatic carbocycles. The summed E-state index contributed by atoms with van der Waals surface area (Å²) in [5.41, 5.74) is -0.416. The zero-order valence-electron chi connectivity index (χ0n) is 10.3. The number of carbonyl (C=O) groups excluding carboxylic acids is 1. The number of alkyl halides is 1. The predicted octanol–water partition coefficient (Wildman–Crippen LogP) is 3.42. The van der Waals surface area contributed by atoms with Gasteiger partial charge in [0.2, 0.25) is 0 Å². The van der Waals surface area contributed by atoms with Crippen molar-refractivity contribution < 1.29 is 9.53 Å². The summed E-state index contributed by atoms with van der Waals surface area (Å²) in [7, 11) is 1.78.